The smallest absolute Gasteiger partial charge is 0.293 e. The van der Waals surface area contributed by atoms with Crippen LogP contribution in [-0.4, -0.2) is 131 Å². The molecule has 5 saturated heterocycles. The van der Waals surface area contributed by atoms with E-state index in [1.54, 1.807) is 13.8 Å². The molecular formula is C40H99N5O5S2. The third-order valence-electron chi connectivity index (χ3n) is 5.35. The highest BCUT2D eigenvalue weighted by Crippen LogP contribution is 1.99. The van der Waals surface area contributed by atoms with Crippen molar-refractivity contribution < 1.29 is 23.6 Å². The van der Waals surface area contributed by atoms with E-state index in [0.29, 0.717) is 13.1 Å². The molecule has 0 unspecified atom stereocenters. The van der Waals surface area contributed by atoms with E-state index in [1.807, 2.05) is 81.0 Å². The van der Waals surface area contributed by atoms with E-state index < -0.39 is 10.8 Å². The molecule has 0 atom stereocenters. The monoisotopic (exact) mass is 794 g/mol. The van der Waals surface area contributed by atoms with Gasteiger partial charge in [0.2, 0.25) is 0 Å². The zero-order valence-electron chi connectivity index (χ0n) is 37.7. The minimum Gasteiger partial charge on any atom is -0.468 e. The molecule has 0 bridgehead atoms. The Balaban J connectivity index is -0.0000000692. The number of nitrogens with one attached hydrogen (secondary N) is 5. The second-order valence-electron chi connectivity index (χ2n) is 9.52. The number of carbonyl (C=O) groups is 1. The van der Waals surface area contributed by atoms with Crippen LogP contribution < -0.4 is 26.6 Å². The Kier molecular flexibility index (Phi) is 124. The SMILES string of the molecule is C1CCNCC1.C1CCNCC1.C1COCCN1.C1CSCCN1.CC.CC.CC.CC.CC.CCC.CCO.CCOC=O.O=S1CCNCC1. The Hall–Kier alpha value is -0.310. The van der Waals surface area contributed by atoms with Gasteiger partial charge in [-0.3, -0.25) is 9.00 Å². The lowest BCUT2D eigenvalue weighted by Gasteiger charge is -2.10. The van der Waals surface area contributed by atoms with Gasteiger partial charge < -0.3 is 41.2 Å². The first kappa shape index (κ1) is 69.6. The molecule has 10 nitrogen and oxygen atoms in total. The molecule has 0 saturated carbocycles. The van der Waals surface area contributed by atoms with Crippen molar-refractivity contribution in [1.29, 1.82) is 0 Å². The van der Waals surface area contributed by atoms with E-state index in [2.05, 4.69) is 45.2 Å². The van der Waals surface area contributed by atoms with Crippen molar-refractivity contribution >= 4 is 29.0 Å². The number of aliphatic hydroxyl groups is 1. The van der Waals surface area contributed by atoms with Crippen molar-refractivity contribution in [2.45, 2.75) is 142 Å². The number of aliphatic hydroxyl groups excluding tert-OH is 1. The van der Waals surface area contributed by atoms with Gasteiger partial charge in [-0.1, -0.05) is 102 Å². The van der Waals surface area contributed by atoms with Crippen LogP contribution >= 0.6 is 11.8 Å². The molecule has 0 amide bonds. The highest BCUT2D eigenvalue weighted by molar-refractivity contribution is 7.99. The lowest BCUT2D eigenvalue weighted by atomic mass is 10.2. The summed E-state index contributed by atoms with van der Waals surface area (Å²) in [5.41, 5.74) is 0. The summed E-state index contributed by atoms with van der Waals surface area (Å²) in [5, 5.41) is 23.7. The molecule has 5 rings (SSSR count). The van der Waals surface area contributed by atoms with Gasteiger partial charge in [-0.2, -0.15) is 11.8 Å². The molecule has 0 radical (unpaired) electrons. The molecule has 0 aliphatic carbocycles. The molecule has 326 valence electrons. The first-order valence-corrected chi connectivity index (χ1v) is 24.0. The number of carbonyl (C=O) groups excluding carboxylic acids is 1. The van der Waals surface area contributed by atoms with Crippen molar-refractivity contribution in [3.63, 3.8) is 0 Å². The van der Waals surface area contributed by atoms with Gasteiger partial charge in [0.25, 0.3) is 6.47 Å². The van der Waals surface area contributed by atoms with Crippen LogP contribution in [0, 0.1) is 0 Å². The fraction of sp³-hybridized carbons (Fsp3) is 0.975. The average Bonchev–Trinajstić information content (AvgIpc) is 3.26. The Bertz CT molecular complexity index is 385. The third-order valence-corrected chi connectivity index (χ3v) is 7.66. The number of rotatable bonds is 2. The number of hydrogen-bond acceptors (Lipinski definition) is 11. The molecule has 5 aliphatic rings. The largest absolute Gasteiger partial charge is 0.468 e. The minimum absolute atomic E-state index is 0.250. The summed E-state index contributed by atoms with van der Waals surface area (Å²) in [7, 11) is -0.503. The van der Waals surface area contributed by atoms with E-state index >= 15 is 0 Å². The van der Waals surface area contributed by atoms with E-state index in [0.717, 1.165) is 50.9 Å². The topological polar surface area (TPSA) is 133 Å². The maximum Gasteiger partial charge on any atom is 0.293 e. The molecule has 0 spiro atoms. The number of ether oxygens (including phenoxy) is 2. The van der Waals surface area contributed by atoms with Gasteiger partial charge in [0.1, 0.15) is 0 Å². The molecule has 5 fully saturated rings. The van der Waals surface area contributed by atoms with Crippen LogP contribution in [0.15, 0.2) is 0 Å². The average molecular weight is 794 g/mol. The van der Waals surface area contributed by atoms with Gasteiger partial charge in [0.05, 0.1) is 19.8 Å². The highest BCUT2D eigenvalue weighted by Gasteiger charge is 2.03. The van der Waals surface area contributed by atoms with Crippen LogP contribution in [0.3, 0.4) is 0 Å². The van der Waals surface area contributed by atoms with Gasteiger partial charge in [-0.05, 0) is 65.7 Å². The summed E-state index contributed by atoms with van der Waals surface area (Å²) in [4.78, 5) is 9.18. The molecule has 0 aromatic heterocycles. The van der Waals surface area contributed by atoms with Crippen LogP contribution in [-0.2, 0) is 25.1 Å². The van der Waals surface area contributed by atoms with Crippen LogP contribution in [0.2, 0.25) is 0 Å². The van der Waals surface area contributed by atoms with E-state index in [9.17, 15) is 9.00 Å². The maximum atomic E-state index is 10.5. The molecule has 12 heteroatoms. The van der Waals surface area contributed by atoms with Crippen LogP contribution in [0.4, 0.5) is 0 Å². The zero-order valence-corrected chi connectivity index (χ0v) is 39.3. The summed E-state index contributed by atoms with van der Waals surface area (Å²) in [5.74, 6) is 4.31. The van der Waals surface area contributed by atoms with Gasteiger partial charge in [-0.15, -0.1) is 0 Å². The maximum absolute atomic E-state index is 10.5. The number of thioether (sulfide) groups is 1. The van der Waals surface area contributed by atoms with E-state index in [-0.39, 0.29) is 6.61 Å². The first-order chi connectivity index (χ1) is 25.6. The molecule has 5 heterocycles. The number of hydrogen-bond donors (Lipinski definition) is 6. The normalized spacial score (nSPS) is 16.4. The number of piperidine rings is 2. The van der Waals surface area contributed by atoms with Crippen molar-refractivity contribution in [2.75, 3.05) is 115 Å². The third kappa shape index (κ3) is 104. The summed E-state index contributed by atoms with van der Waals surface area (Å²) < 4.78 is 19.7. The predicted molar refractivity (Wildman–Crippen MR) is 241 cm³/mol. The van der Waals surface area contributed by atoms with Crippen molar-refractivity contribution in [1.82, 2.24) is 26.6 Å². The first-order valence-electron chi connectivity index (χ1n) is 21.3. The quantitative estimate of drug-likeness (QED) is 0.155. The Labute approximate surface area is 334 Å². The molecule has 6 N–H and O–H groups in total. The fourth-order valence-electron chi connectivity index (χ4n) is 3.30. The predicted octanol–water partition coefficient (Wildman–Crippen LogP) is 7.51. The second kappa shape index (κ2) is 93.0. The standard InChI is InChI=1S/2C5H11N.C4H9NOS.C4H9NO.C4H9NS.C3H6O2.C3H8.C2H6O.5C2H6/c2*1-2-4-6-5-3-1;6-7-3-1-5-2-4-7;2*1-3-6-4-2-5-1;1-2-5-3-4;1-3-2;1-2-3;5*1-2/h2*6H,1-5H2;5H,1-4H2;2*5H,1-4H2;3H,2H2,1H3;3H2,1-2H3;3H,2H2,1H3;5*1-2H3. The van der Waals surface area contributed by atoms with Crippen LogP contribution in [0.1, 0.15) is 142 Å². The molecule has 0 aromatic rings. The van der Waals surface area contributed by atoms with Gasteiger partial charge in [0.15, 0.2) is 0 Å². The minimum atomic E-state index is -0.503. The molecular weight excluding hydrogens is 695 g/mol. The zero-order chi connectivity index (χ0) is 41.6. The fourth-order valence-corrected chi connectivity index (χ4v) is 5.03. The Morgan fingerprint density at radius 2 is 0.885 bits per heavy atom. The Morgan fingerprint density at radius 3 is 0.981 bits per heavy atom. The van der Waals surface area contributed by atoms with E-state index in [4.69, 9.17) is 9.84 Å². The van der Waals surface area contributed by atoms with Crippen molar-refractivity contribution in [3.05, 3.63) is 0 Å². The summed E-state index contributed by atoms with van der Waals surface area (Å²) in [6.07, 6.45) is 9.68. The second-order valence-corrected chi connectivity index (χ2v) is 12.4. The number of morpholine rings is 1. The van der Waals surface area contributed by atoms with Crippen LogP contribution in [0.25, 0.3) is 0 Å². The summed E-state index contributed by atoms with van der Waals surface area (Å²) in [6, 6.07) is 0. The van der Waals surface area contributed by atoms with Crippen molar-refractivity contribution in [2.24, 2.45) is 0 Å². The highest BCUT2D eigenvalue weighted by atomic mass is 32.2. The summed E-state index contributed by atoms with van der Waals surface area (Å²) >= 11 is 2.03. The lowest BCUT2D eigenvalue weighted by Crippen LogP contribution is -2.32. The van der Waals surface area contributed by atoms with Crippen molar-refractivity contribution in [3.8, 4) is 0 Å². The van der Waals surface area contributed by atoms with Gasteiger partial charge >= 0.3 is 0 Å². The van der Waals surface area contributed by atoms with Gasteiger partial charge in [-0.25, -0.2) is 0 Å². The molecule has 52 heavy (non-hydrogen) atoms. The Morgan fingerprint density at radius 1 is 0.577 bits per heavy atom. The molecule has 0 aromatic carbocycles. The van der Waals surface area contributed by atoms with Crippen LogP contribution in [0.5, 0.6) is 0 Å². The molecule has 5 aliphatic heterocycles. The van der Waals surface area contributed by atoms with Gasteiger partial charge in [0, 0.05) is 79.7 Å². The van der Waals surface area contributed by atoms with E-state index in [1.165, 1.54) is 95.7 Å². The summed E-state index contributed by atoms with van der Waals surface area (Å²) in [6.45, 7) is 42.0. The lowest BCUT2D eigenvalue weighted by molar-refractivity contribution is -0.128.